The van der Waals surface area contributed by atoms with E-state index < -0.39 is 5.97 Å². The Bertz CT molecular complexity index is 191. The standard InChI is InChI=1S/C7H8O3/c8-7(9)4-6-2-1-3-10-5-6/h1-2,5H,3-4H2,(H,8,9). The summed E-state index contributed by atoms with van der Waals surface area (Å²) in [5.74, 6) is -0.832. The lowest BCUT2D eigenvalue weighted by atomic mass is 10.2. The van der Waals surface area contributed by atoms with Crippen LogP contribution in [0.5, 0.6) is 0 Å². The summed E-state index contributed by atoms with van der Waals surface area (Å²) in [5.41, 5.74) is 0.707. The molecule has 0 amide bonds. The fraction of sp³-hybridized carbons (Fsp3) is 0.286. The summed E-state index contributed by atoms with van der Waals surface area (Å²) in [5, 5.41) is 8.34. The number of rotatable bonds is 2. The minimum Gasteiger partial charge on any atom is -0.497 e. The highest BCUT2D eigenvalue weighted by Gasteiger charge is 2.02. The normalized spacial score (nSPS) is 15.8. The van der Waals surface area contributed by atoms with E-state index in [0.29, 0.717) is 12.2 Å². The van der Waals surface area contributed by atoms with Gasteiger partial charge in [0.2, 0.25) is 0 Å². The largest absolute Gasteiger partial charge is 0.497 e. The molecule has 0 saturated carbocycles. The maximum absolute atomic E-state index is 10.1. The van der Waals surface area contributed by atoms with Crippen LogP contribution < -0.4 is 0 Å². The fourth-order valence-electron chi connectivity index (χ4n) is 0.725. The molecule has 0 radical (unpaired) electrons. The monoisotopic (exact) mass is 140 g/mol. The third-order valence-corrected chi connectivity index (χ3v) is 1.11. The van der Waals surface area contributed by atoms with E-state index in [2.05, 4.69) is 0 Å². The average Bonchev–Trinajstić information content (AvgIpc) is 1.88. The van der Waals surface area contributed by atoms with Gasteiger partial charge in [-0.05, 0) is 11.6 Å². The van der Waals surface area contributed by atoms with Crippen LogP contribution in [0.1, 0.15) is 6.42 Å². The van der Waals surface area contributed by atoms with Gasteiger partial charge in [0.15, 0.2) is 0 Å². The zero-order valence-corrected chi connectivity index (χ0v) is 5.41. The van der Waals surface area contributed by atoms with Gasteiger partial charge in [0, 0.05) is 0 Å². The first kappa shape index (κ1) is 6.86. The van der Waals surface area contributed by atoms with Gasteiger partial charge in [0.05, 0.1) is 12.7 Å². The number of ether oxygens (including phenoxy) is 1. The van der Waals surface area contributed by atoms with Gasteiger partial charge in [-0.2, -0.15) is 0 Å². The lowest BCUT2D eigenvalue weighted by Gasteiger charge is -2.04. The summed E-state index contributed by atoms with van der Waals surface area (Å²) >= 11 is 0. The van der Waals surface area contributed by atoms with Crippen LogP contribution in [-0.2, 0) is 9.53 Å². The molecule has 1 rings (SSSR count). The van der Waals surface area contributed by atoms with Gasteiger partial charge in [0.1, 0.15) is 6.61 Å². The quantitative estimate of drug-likeness (QED) is 0.620. The number of allylic oxidation sites excluding steroid dienone is 1. The highest BCUT2D eigenvalue weighted by molar-refractivity contribution is 5.70. The van der Waals surface area contributed by atoms with Gasteiger partial charge in [-0.1, -0.05) is 6.08 Å². The van der Waals surface area contributed by atoms with Crippen molar-refractivity contribution >= 4 is 5.97 Å². The van der Waals surface area contributed by atoms with Crippen LogP contribution >= 0.6 is 0 Å². The number of hydrogen-bond acceptors (Lipinski definition) is 2. The van der Waals surface area contributed by atoms with Crippen molar-refractivity contribution in [1.82, 2.24) is 0 Å². The van der Waals surface area contributed by atoms with Crippen LogP contribution in [0, 0.1) is 0 Å². The van der Waals surface area contributed by atoms with Crippen molar-refractivity contribution in [1.29, 1.82) is 0 Å². The summed E-state index contributed by atoms with van der Waals surface area (Å²) in [4.78, 5) is 10.1. The molecule has 1 aliphatic heterocycles. The molecule has 1 aliphatic rings. The molecular weight excluding hydrogens is 132 g/mol. The maximum atomic E-state index is 10.1. The number of aliphatic carboxylic acids is 1. The molecule has 1 N–H and O–H groups in total. The lowest BCUT2D eigenvalue weighted by Crippen LogP contribution is -1.99. The summed E-state index contributed by atoms with van der Waals surface area (Å²) < 4.78 is 4.87. The van der Waals surface area contributed by atoms with Gasteiger partial charge in [-0.3, -0.25) is 4.79 Å². The zero-order chi connectivity index (χ0) is 7.40. The molecule has 0 aromatic carbocycles. The first-order chi connectivity index (χ1) is 4.79. The Morgan fingerprint density at radius 2 is 2.60 bits per heavy atom. The Morgan fingerprint density at radius 3 is 3.10 bits per heavy atom. The molecular formula is C7H8O3. The van der Waals surface area contributed by atoms with Crippen molar-refractivity contribution < 1.29 is 14.6 Å². The van der Waals surface area contributed by atoms with Crippen LogP contribution in [0.15, 0.2) is 24.0 Å². The van der Waals surface area contributed by atoms with E-state index in [-0.39, 0.29) is 6.42 Å². The minimum absolute atomic E-state index is 0.0382. The van der Waals surface area contributed by atoms with E-state index in [0.717, 1.165) is 0 Å². The second-order valence-corrected chi connectivity index (χ2v) is 2.00. The Morgan fingerprint density at radius 1 is 1.80 bits per heavy atom. The smallest absolute Gasteiger partial charge is 0.307 e. The van der Waals surface area contributed by atoms with E-state index >= 15 is 0 Å². The summed E-state index contributed by atoms with van der Waals surface area (Å²) in [6.45, 7) is 0.545. The van der Waals surface area contributed by atoms with Gasteiger partial charge >= 0.3 is 5.97 Å². The average molecular weight is 140 g/mol. The van der Waals surface area contributed by atoms with Crippen LogP contribution in [0.4, 0.5) is 0 Å². The van der Waals surface area contributed by atoms with Crippen molar-refractivity contribution in [2.45, 2.75) is 6.42 Å². The van der Waals surface area contributed by atoms with Crippen LogP contribution in [0.25, 0.3) is 0 Å². The minimum atomic E-state index is -0.832. The molecule has 10 heavy (non-hydrogen) atoms. The highest BCUT2D eigenvalue weighted by Crippen LogP contribution is 2.07. The predicted octanol–water partition coefficient (Wildman–Crippen LogP) is 0.931. The highest BCUT2D eigenvalue weighted by atomic mass is 16.5. The molecule has 1 heterocycles. The number of carboxylic acid groups (broad SMARTS) is 1. The van der Waals surface area contributed by atoms with Crippen LogP contribution in [0.2, 0.25) is 0 Å². The van der Waals surface area contributed by atoms with Gasteiger partial charge in [-0.15, -0.1) is 0 Å². The molecule has 0 spiro atoms. The van der Waals surface area contributed by atoms with Crippen molar-refractivity contribution in [2.75, 3.05) is 6.61 Å². The Balaban J connectivity index is 2.48. The Labute approximate surface area is 58.6 Å². The molecule has 0 saturated heterocycles. The molecule has 0 fully saturated rings. The lowest BCUT2D eigenvalue weighted by molar-refractivity contribution is -0.136. The summed E-state index contributed by atoms with van der Waals surface area (Å²) in [6.07, 6.45) is 5.07. The fourth-order valence-corrected chi connectivity index (χ4v) is 0.725. The molecule has 3 nitrogen and oxygen atoms in total. The second kappa shape index (κ2) is 3.06. The second-order valence-electron chi connectivity index (χ2n) is 2.00. The maximum Gasteiger partial charge on any atom is 0.307 e. The number of carbonyl (C=O) groups is 1. The molecule has 0 aromatic rings. The van der Waals surface area contributed by atoms with E-state index in [4.69, 9.17) is 9.84 Å². The molecule has 0 unspecified atom stereocenters. The van der Waals surface area contributed by atoms with Crippen LogP contribution in [-0.4, -0.2) is 17.7 Å². The van der Waals surface area contributed by atoms with Crippen LogP contribution in [0.3, 0.4) is 0 Å². The third-order valence-electron chi connectivity index (χ3n) is 1.11. The predicted molar refractivity (Wildman–Crippen MR) is 35.4 cm³/mol. The molecule has 0 aromatic heterocycles. The zero-order valence-electron chi connectivity index (χ0n) is 5.41. The molecule has 0 aliphatic carbocycles. The van der Waals surface area contributed by atoms with Gasteiger partial charge in [-0.25, -0.2) is 0 Å². The Hall–Kier alpha value is -1.25. The molecule has 3 heteroatoms. The van der Waals surface area contributed by atoms with Gasteiger partial charge in [0.25, 0.3) is 0 Å². The van der Waals surface area contributed by atoms with E-state index in [9.17, 15) is 4.79 Å². The van der Waals surface area contributed by atoms with E-state index in [1.165, 1.54) is 6.26 Å². The summed E-state index contributed by atoms with van der Waals surface area (Å²) in [6, 6.07) is 0. The SMILES string of the molecule is O=C(O)CC1=COCC=C1. The first-order valence-corrected chi connectivity index (χ1v) is 2.98. The van der Waals surface area contributed by atoms with E-state index in [1.807, 2.05) is 0 Å². The summed E-state index contributed by atoms with van der Waals surface area (Å²) in [7, 11) is 0. The third kappa shape index (κ3) is 1.93. The first-order valence-electron chi connectivity index (χ1n) is 2.98. The number of carboxylic acids is 1. The molecule has 54 valence electrons. The Kier molecular flexibility index (Phi) is 2.10. The van der Waals surface area contributed by atoms with Crippen molar-refractivity contribution in [3.05, 3.63) is 24.0 Å². The number of hydrogen-bond donors (Lipinski definition) is 1. The van der Waals surface area contributed by atoms with Crippen molar-refractivity contribution in [3.8, 4) is 0 Å². The van der Waals surface area contributed by atoms with Crippen molar-refractivity contribution in [2.24, 2.45) is 0 Å². The topological polar surface area (TPSA) is 46.5 Å². The van der Waals surface area contributed by atoms with Crippen molar-refractivity contribution in [3.63, 3.8) is 0 Å². The molecule has 0 atom stereocenters. The van der Waals surface area contributed by atoms with E-state index in [1.54, 1.807) is 12.2 Å². The molecule has 0 bridgehead atoms. The van der Waals surface area contributed by atoms with Gasteiger partial charge < -0.3 is 9.84 Å².